The fraction of sp³-hybridized carbons (Fsp3) is 0.300. The average Bonchev–Trinajstić information content (AvgIpc) is 3.28. The SMILES string of the molecule is CC1C2(c3ccc(F)cc3)OC(=N)C1(C#N)C(C#N)(C#N)C(c1cccs1)O2. The van der Waals surface area contributed by atoms with E-state index in [9.17, 15) is 20.2 Å². The van der Waals surface area contributed by atoms with Crippen LogP contribution in [0.2, 0.25) is 0 Å². The van der Waals surface area contributed by atoms with Crippen LogP contribution in [0, 0.1) is 62.0 Å². The van der Waals surface area contributed by atoms with Gasteiger partial charge in [0, 0.05) is 10.4 Å². The van der Waals surface area contributed by atoms with Crippen molar-refractivity contribution in [1.82, 2.24) is 0 Å². The molecule has 0 spiro atoms. The third-order valence-corrected chi connectivity index (χ3v) is 6.63. The zero-order chi connectivity index (χ0) is 20.2. The monoisotopic (exact) mass is 392 g/mol. The van der Waals surface area contributed by atoms with Crippen LogP contribution in [0.5, 0.6) is 0 Å². The Morgan fingerprint density at radius 1 is 1.11 bits per heavy atom. The van der Waals surface area contributed by atoms with Crippen molar-refractivity contribution >= 4 is 17.2 Å². The second kappa shape index (κ2) is 5.87. The number of rotatable bonds is 2. The number of halogens is 1. The van der Waals surface area contributed by atoms with Crippen LogP contribution in [0.1, 0.15) is 23.5 Å². The third kappa shape index (κ3) is 1.88. The number of nitrogens with zero attached hydrogens (tertiary/aromatic N) is 3. The van der Waals surface area contributed by atoms with E-state index in [4.69, 9.17) is 14.9 Å². The highest BCUT2D eigenvalue weighted by Gasteiger charge is 2.79. The second-order valence-corrected chi connectivity index (χ2v) is 7.77. The molecule has 0 saturated carbocycles. The molecule has 1 N–H and O–H groups in total. The molecule has 8 heteroatoms. The lowest BCUT2D eigenvalue weighted by molar-refractivity contribution is -0.287. The summed E-state index contributed by atoms with van der Waals surface area (Å²) in [5, 5.41) is 40.5. The largest absolute Gasteiger partial charge is 0.443 e. The van der Waals surface area contributed by atoms with Crippen molar-refractivity contribution < 1.29 is 13.9 Å². The van der Waals surface area contributed by atoms with Crippen LogP contribution in [0.4, 0.5) is 4.39 Å². The van der Waals surface area contributed by atoms with Gasteiger partial charge >= 0.3 is 0 Å². The van der Waals surface area contributed by atoms with Crippen molar-refractivity contribution in [3.8, 4) is 18.2 Å². The highest BCUT2D eigenvalue weighted by molar-refractivity contribution is 7.10. The van der Waals surface area contributed by atoms with E-state index in [1.807, 2.05) is 12.1 Å². The molecule has 6 nitrogen and oxygen atoms in total. The molecule has 4 unspecified atom stereocenters. The summed E-state index contributed by atoms with van der Waals surface area (Å²) < 4.78 is 25.6. The summed E-state index contributed by atoms with van der Waals surface area (Å²) in [7, 11) is 0. The molecular formula is C20H13FN4O2S. The van der Waals surface area contributed by atoms with Gasteiger partial charge in [0.05, 0.1) is 24.1 Å². The van der Waals surface area contributed by atoms with Gasteiger partial charge in [0.25, 0.3) is 0 Å². The van der Waals surface area contributed by atoms with Crippen molar-refractivity contribution in [2.45, 2.75) is 18.8 Å². The van der Waals surface area contributed by atoms with Crippen LogP contribution >= 0.6 is 11.3 Å². The van der Waals surface area contributed by atoms with E-state index in [-0.39, 0.29) is 0 Å². The Hall–Kier alpha value is -3.25. The summed E-state index contributed by atoms with van der Waals surface area (Å²) >= 11 is 1.28. The van der Waals surface area contributed by atoms with E-state index in [0.29, 0.717) is 10.4 Å². The number of nitrogens with one attached hydrogen (secondary N) is 1. The maximum absolute atomic E-state index is 13.5. The minimum atomic E-state index is -1.98. The Morgan fingerprint density at radius 2 is 1.79 bits per heavy atom. The lowest BCUT2D eigenvalue weighted by atomic mass is 9.54. The lowest BCUT2D eigenvalue weighted by Crippen LogP contribution is -2.57. The normalized spacial score (nSPS) is 32.6. The van der Waals surface area contributed by atoms with Gasteiger partial charge < -0.3 is 9.47 Å². The summed E-state index contributed by atoms with van der Waals surface area (Å²) in [5.41, 5.74) is -3.42. The molecular weight excluding hydrogens is 379 g/mol. The van der Waals surface area contributed by atoms with Gasteiger partial charge in [0.15, 0.2) is 5.41 Å². The van der Waals surface area contributed by atoms with Crippen molar-refractivity contribution in [2.75, 3.05) is 0 Å². The van der Waals surface area contributed by atoms with Crippen LogP contribution in [-0.2, 0) is 15.3 Å². The van der Waals surface area contributed by atoms with E-state index in [0.717, 1.165) is 0 Å². The lowest BCUT2D eigenvalue weighted by Gasteiger charge is -2.48. The first-order valence-corrected chi connectivity index (χ1v) is 9.29. The van der Waals surface area contributed by atoms with Crippen LogP contribution in [0.25, 0.3) is 0 Å². The number of nitriles is 3. The van der Waals surface area contributed by atoms with Gasteiger partial charge in [0.1, 0.15) is 11.9 Å². The van der Waals surface area contributed by atoms with Crippen LogP contribution in [-0.4, -0.2) is 5.90 Å². The molecule has 2 saturated heterocycles. The summed E-state index contributed by atoms with van der Waals surface area (Å²) in [6, 6.07) is 14.9. The fourth-order valence-electron chi connectivity index (χ4n) is 4.24. The van der Waals surface area contributed by atoms with Gasteiger partial charge in [-0.05, 0) is 35.7 Å². The molecule has 2 fully saturated rings. The Labute approximate surface area is 164 Å². The summed E-state index contributed by atoms with van der Waals surface area (Å²) in [4.78, 5) is 0.569. The Morgan fingerprint density at radius 3 is 2.32 bits per heavy atom. The predicted molar refractivity (Wildman–Crippen MR) is 95.9 cm³/mol. The maximum atomic E-state index is 13.5. The summed E-state index contributed by atoms with van der Waals surface area (Å²) in [6.07, 6.45) is -1.12. The minimum absolute atomic E-state index is 0.411. The molecule has 4 atom stereocenters. The van der Waals surface area contributed by atoms with E-state index >= 15 is 0 Å². The van der Waals surface area contributed by atoms with Crippen molar-refractivity contribution in [3.05, 3.63) is 58.0 Å². The first-order valence-electron chi connectivity index (χ1n) is 8.41. The highest BCUT2D eigenvalue weighted by Crippen LogP contribution is 2.69. The van der Waals surface area contributed by atoms with E-state index in [1.54, 1.807) is 24.4 Å². The summed E-state index contributed by atoms with van der Waals surface area (Å²) in [6.45, 7) is 1.61. The Kier molecular flexibility index (Phi) is 3.80. The van der Waals surface area contributed by atoms with Gasteiger partial charge in [-0.25, -0.2) is 4.39 Å². The Balaban J connectivity index is 2.04. The quantitative estimate of drug-likeness (QED) is 0.830. The second-order valence-electron chi connectivity index (χ2n) is 6.79. The van der Waals surface area contributed by atoms with Crippen LogP contribution < -0.4 is 0 Å². The molecule has 4 rings (SSSR count). The van der Waals surface area contributed by atoms with E-state index in [1.165, 1.54) is 35.6 Å². The molecule has 2 aliphatic heterocycles. The summed E-state index contributed by atoms with van der Waals surface area (Å²) in [5.74, 6) is -3.40. The standard InChI is InChI=1S/C20H13FN4O2S/c1-12-19(11-24)17(25)27-20(12,13-4-6-14(21)7-5-13)26-16(15-3-2-8-28-15)18(19,9-22)10-23/h2-8,12,16,25H,1H3. The van der Waals surface area contributed by atoms with Gasteiger partial charge in [-0.1, -0.05) is 13.0 Å². The number of hydrogen-bond acceptors (Lipinski definition) is 7. The molecule has 138 valence electrons. The number of benzene rings is 1. The number of hydrogen-bond donors (Lipinski definition) is 1. The van der Waals surface area contributed by atoms with Crippen molar-refractivity contribution in [2.24, 2.45) is 16.7 Å². The minimum Gasteiger partial charge on any atom is -0.443 e. The zero-order valence-corrected chi connectivity index (χ0v) is 15.5. The first kappa shape index (κ1) is 18.1. The smallest absolute Gasteiger partial charge is 0.244 e. The molecule has 1 aromatic carbocycles. The topological polar surface area (TPSA) is 114 Å². The van der Waals surface area contributed by atoms with Gasteiger partial charge in [-0.3, -0.25) is 5.41 Å². The van der Waals surface area contributed by atoms with E-state index < -0.39 is 40.4 Å². The molecule has 3 heterocycles. The van der Waals surface area contributed by atoms with Crippen LogP contribution in [0.15, 0.2) is 41.8 Å². The third-order valence-electron chi connectivity index (χ3n) is 5.72. The number of thiophene rings is 1. The van der Waals surface area contributed by atoms with E-state index in [2.05, 4.69) is 6.07 Å². The first-order chi connectivity index (χ1) is 13.4. The molecule has 1 aromatic heterocycles. The molecule has 2 bridgehead atoms. The molecule has 28 heavy (non-hydrogen) atoms. The Bertz CT molecular complexity index is 1070. The van der Waals surface area contributed by atoms with Gasteiger partial charge in [-0.15, -0.1) is 11.3 Å². The van der Waals surface area contributed by atoms with Crippen molar-refractivity contribution in [3.63, 3.8) is 0 Å². The van der Waals surface area contributed by atoms with Crippen molar-refractivity contribution in [1.29, 1.82) is 21.2 Å². The highest BCUT2D eigenvalue weighted by atomic mass is 32.1. The maximum Gasteiger partial charge on any atom is 0.244 e. The number of ether oxygens (including phenoxy) is 2. The van der Waals surface area contributed by atoms with Crippen LogP contribution in [0.3, 0.4) is 0 Å². The average molecular weight is 392 g/mol. The molecule has 2 aromatic rings. The van der Waals surface area contributed by atoms with Gasteiger partial charge in [-0.2, -0.15) is 15.8 Å². The number of fused-ring (bicyclic) bond motifs is 2. The molecule has 0 aliphatic carbocycles. The predicted octanol–water partition coefficient (Wildman–Crippen LogP) is 4.00. The molecule has 0 amide bonds. The van der Waals surface area contributed by atoms with Gasteiger partial charge in [0.2, 0.25) is 17.1 Å². The fourth-order valence-corrected chi connectivity index (χ4v) is 5.06. The molecule has 0 radical (unpaired) electrons. The molecule has 2 aliphatic rings. The zero-order valence-electron chi connectivity index (χ0n) is 14.6.